The van der Waals surface area contributed by atoms with Crippen molar-refractivity contribution >= 4 is 25.3 Å². The highest BCUT2D eigenvalue weighted by atomic mass is 16.5. The van der Waals surface area contributed by atoms with E-state index < -0.39 is 12.1 Å². The number of rotatable bonds is 11. The minimum Gasteiger partial charge on any atom is -0.355 e. The minimum absolute atomic E-state index is 0.00661. The zero-order valence-electron chi connectivity index (χ0n) is 13.5. The average Bonchev–Trinajstić information content (AvgIpc) is 2.44. The summed E-state index contributed by atoms with van der Waals surface area (Å²) in [5, 5.41) is 14.1. The maximum Gasteiger partial charge on any atom is 0.239 e. The summed E-state index contributed by atoms with van der Waals surface area (Å²) in [7, 11) is 1.39. The number of hydrogen-bond donors (Lipinski definition) is 5. The standard InChI is InChI=1S/C13H27BN4O4/c1-8(2)11(18-22)13(21)16-6-4-3-5-9(15)12(20)17-7-10(14)19/h8-9,11,18,22H,3-7,14-15H2,1-2H3,(H,16,21)(H,17,20)/t9-,11-/m0/s1. The molecular formula is C13H27BN4O4. The Bertz CT molecular complexity index is 379. The first-order valence-corrected chi connectivity index (χ1v) is 7.49. The fraction of sp³-hybridized carbons (Fsp3) is 0.769. The van der Waals surface area contributed by atoms with Crippen molar-refractivity contribution in [2.45, 2.75) is 45.2 Å². The van der Waals surface area contributed by atoms with E-state index in [1.165, 1.54) is 7.85 Å². The summed E-state index contributed by atoms with van der Waals surface area (Å²) in [6.07, 6.45) is 1.83. The third-order valence-electron chi connectivity index (χ3n) is 3.18. The molecule has 0 radical (unpaired) electrons. The van der Waals surface area contributed by atoms with Gasteiger partial charge in [-0.1, -0.05) is 13.8 Å². The molecule has 0 aromatic carbocycles. The summed E-state index contributed by atoms with van der Waals surface area (Å²) >= 11 is 0. The van der Waals surface area contributed by atoms with Gasteiger partial charge in [-0.15, -0.1) is 0 Å². The van der Waals surface area contributed by atoms with Crippen LogP contribution in [0.15, 0.2) is 0 Å². The summed E-state index contributed by atoms with van der Waals surface area (Å²) in [4.78, 5) is 34.0. The van der Waals surface area contributed by atoms with Crippen LogP contribution in [0.4, 0.5) is 0 Å². The molecule has 0 saturated carbocycles. The summed E-state index contributed by atoms with van der Waals surface area (Å²) in [6, 6.07) is -1.29. The van der Waals surface area contributed by atoms with Crippen LogP contribution in [0.2, 0.25) is 0 Å². The SMILES string of the molecule is BC(=O)CNC(=O)[C@@H](N)CCCCNC(=O)[C@@H](NO)C(C)C. The molecule has 0 saturated heterocycles. The predicted octanol–water partition coefficient (Wildman–Crippen LogP) is -2.12. The Labute approximate surface area is 131 Å². The van der Waals surface area contributed by atoms with Gasteiger partial charge in [0.25, 0.3) is 0 Å². The largest absolute Gasteiger partial charge is 0.355 e. The highest BCUT2D eigenvalue weighted by Crippen LogP contribution is 2.02. The van der Waals surface area contributed by atoms with E-state index in [1.54, 1.807) is 0 Å². The zero-order chi connectivity index (χ0) is 17.1. The van der Waals surface area contributed by atoms with E-state index >= 15 is 0 Å². The molecule has 0 heterocycles. The van der Waals surface area contributed by atoms with Gasteiger partial charge in [0.15, 0.2) is 7.85 Å². The van der Waals surface area contributed by atoms with Crippen molar-refractivity contribution in [2.75, 3.05) is 13.1 Å². The van der Waals surface area contributed by atoms with Gasteiger partial charge >= 0.3 is 0 Å². The molecular weight excluding hydrogens is 287 g/mol. The van der Waals surface area contributed by atoms with Crippen molar-refractivity contribution in [2.24, 2.45) is 11.7 Å². The quantitative estimate of drug-likeness (QED) is 0.168. The van der Waals surface area contributed by atoms with Crippen molar-refractivity contribution in [3.8, 4) is 0 Å². The van der Waals surface area contributed by atoms with Gasteiger partial charge in [0.2, 0.25) is 11.8 Å². The number of nitrogens with two attached hydrogens (primary N) is 1. The van der Waals surface area contributed by atoms with Gasteiger partial charge in [0, 0.05) is 6.54 Å². The zero-order valence-corrected chi connectivity index (χ0v) is 13.5. The minimum atomic E-state index is -0.655. The molecule has 22 heavy (non-hydrogen) atoms. The number of amides is 2. The smallest absolute Gasteiger partial charge is 0.239 e. The van der Waals surface area contributed by atoms with Crippen molar-refractivity contribution in [1.82, 2.24) is 16.1 Å². The lowest BCUT2D eigenvalue weighted by Crippen LogP contribution is -2.46. The van der Waals surface area contributed by atoms with Crippen LogP contribution < -0.4 is 21.8 Å². The van der Waals surface area contributed by atoms with E-state index in [0.717, 1.165) is 0 Å². The highest BCUT2D eigenvalue weighted by molar-refractivity contribution is 6.58. The van der Waals surface area contributed by atoms with Crippen molar-refractivity contribution in [3.05, 3.63) is 0 Å². The number of hydroxylamine groups is 1. The van der Waals surface area contributed by atoms with Crippen molar-refractivity contribution < 1.29 is 19.6 Å². The Hall–Kier alpha value is -1.45. The highest BCUT2D eigenvalue weighted by Gasteiger charge is 2.20. The van der Waals surface area contributed by atoms with Gasteiger partial charge in [0.05, 0.1) is 12.6 Å². The Morgan fingerprint density at radius 1 is 1.14 bits per heavy atom. The molecule has 0 rings (SSSR count). The van der Waals surface area contributed by atoms with Crippen LogP contribution in [0, 0.1) is 5.92 Å². The molecule has 0 spiro atoms. The first-order valence-electron chi connectivity index (χ1n) is 7.49. The van der Waals surface area contributed by atoms with Crippen LogP contribution in [0.5, 0.6) is 0 Å². The second-order valence-electron chi connectivity index (χ2n) is 5.66. The van der Waals surface area contributed by atoms with Gasteiger partial charge < -0.3 is 26.4 Å². The molecule has 0 aliphatic carbocycles. The lowest BCUT2D eigenvalue weighted by molar-refractivity contribution is -0.127. The summed E-state index contributed by atoms with van der Waals surface area (Å²) in [5.41, 5.74) is 7.56. The van der Waals surface area contributed by atoms with Gasteiger partial charge in [-0.2, -0.15) is 5.48 Å². The summed E-state index contributed by atoms with van der Waals surface area (Å²) in [5.74, 6) is -0.631. The fourth-order valence-electron chi connectivity index (χ4n) is 1.80. The van der Waals surface area contributed by atoms with E-state index in [1.807, 2.05) is 19.3 Å². The molecule has 126 valence electrons. The second-order valence-corrected chi connectivity index (χ2v) is 5.66. The van der Waals surface area contributed by atoms with Gasteiger partial charge in [-0.25, -0.2) is 0 Å². The third-order valence-corrected chi connectivity index (χ3v) is 3.18. The lowest BCUT2D eigenvalue weighted by Gasteiger charge is -2.18. The number of hydrogen-bond acceptors (Lipinski definition) is 6. The van der Waals surface area contributed by atoms with Crippen LogP contribution >= 0.6 is 0 Å². The molecule has 6 N–H and O–H groups in total. The Morgan fingerprint density at radius 2 is 1.77 bits per heavy atom. The summed E-state index contributed by atoms with van der Waals surface area (Å²) in [6.45, 7) is 4.09. The molecule has 0 unspecified atom stereocenters. The number of nitrogens with one attached hydrogen (secondary N) is 3. The molecule has 0 aromatic heterocycles. The first-order chi connectivity index (χ1) is 10.3. The van der Waals surface area contributed by atoms with E-state index in [2.05, 4.69) is 10.6 Å². The molecule has 9 heteroatoms. The summed E-state index contributed by atoms with van der Waals surface area (Å²) < 4.78 is 0. The number of unbranched alkanes of at least 4 members (excludes halogenated alkanes) is 1. The molecule has 0 aliphatic rings. The number of carbonyl (C=O) groups excluding carboxylic acids is 3. The van der Waals surface area contributed by atoms with E-state index in [4.69, 9.17) is 10.9 Å². The van der Waals surface area contributed by atoms with Crippen molar-refractivity contribution in [1.29, 1.82) is 0 Å². The van der Waals surface area contributed by atoms with E-state index in [0.29, 0.717) is 25.8 Å². The average molecular weight is 314 g/mol. The van der Waals surface area contributed by atoms with E-state index in [-0.39, 0.29) is 30.0 Å². The second kappa shape index (κ2) is 11.2. The van der Waals surface area contributed by atoms with Gasteiger partial charge in [0.1, 0.15) is 11.7 Å². The fourth-order valence-corrected chi connectivity index (χ4v) is 1.80. The van der Waals surface area contributed by atoms with Gasteiger partial charge in [-0.05, 0) is 25.2 Å². The molecule has 2 atom stereocenters. The monoisotopic (exact) mass is 314 g/mol. The molecule has 2 amide bonds. The molecule has 8 nitrogen and oxygen atoms in total. The van der Waals surface area contributed by atoms with Crippen LogP contribution in [0.3, 0.4) is 0 Å². The molecule has 0 aromatic rings. The predicted molar refractivity (Wildman–Crippen MR) is 84.9 cm³/mol. The van der Waals surface area contributed by atoms with Crippen LogP contribution in [0.1, 0.15) is 33.1 Å². The first kappa shape index (κ1) is 20.6. The Balaban J connectivity index is 3.82. The van der Waals surface area contributed by atoms with E-state index in [9.17, 15) is 14.4 Å². The van der Waals surface area contributed by atoms with Gasteiger partial charge in [-0.3, -0.25) is 9.59 Å². The topological polar surface area (TPSA) is 134 Å². The number of carbonyl (C=O) groups is 3. The molecule has 0 aliphatic heterocycles. The van der Waals surface area contributed by atoms with Crippen LogP contribution in [-0.2, 0) is 14.4 Å². The third kappa shape index (κ3) is 8.76. The Morgan fingerprint density at radius 3 is 2.27 bits per heavy atom. The van der Waals surface area contributed by atoms with Crippen LogP contribution in [-0.4, -0.2) is 55.7 Å². The normalized spacial score (nSPS) is 13.5. The van der Waals surface area contributed by atoms with Crippen molar-refractivity contribution in [3.63, 3.8) is 0 Å². The van der Waals surface area contributed by atoms with Crippen LogP contribution in [0.25, 0.3) is 0 Å². The Kier molecular flexibility index (Phi) is 10.4. The molecule has 0 fully saturated rings. The maximum absolute atomic E-state index is 11.7. The molecule has 0 bridgehead atoms. The lowest BCUT2D eigenvalue weighted by atomic mass is 10.0. The maximum atomic E-state index is 11.7.